The lowest BCUT2D eigenvalue weighted by Crippen LogP contribution is -2.51. The Bertz CT molecular complexity index is 528. The van der Waals surface area contributed by atoms with Gasteiger partial charge in [0, 0.05) is 32.2 Å². The summed E-state index contributed by atoms with van der Waals surface area (Å²) in [5, 5.41) is 0. The van der Waals surface area contributed by atoms with E-state index in [4.69, 9.17) is 4.74 Å². The average Bonchev–Trinajstić information content (AvgIpc) is 3.41. The molecule has 1 saturated carbocycles. The average molecular weight is 330 g/mol. The highest BCUT2D eigenvalue weighted by molar-refractivity contribution is 5.82. The Morgan fingerprint density at radius 2 is 2.04 bits per heavy atom. The Balaban J connectivity index is 1.57. The summed E-state index contributed by atoms with van der Waals surface area (Å²) < 4.78 is 5.84. The van der Waals surface area contributed by atoms with Gasteiger partial charge >= 0.3 is 0 Å². The SMILES string of the molecule is CC(C)CCN(C(=O)C1CN(Cc2ccccc2)CCO1)C1CC1. The van der Waals surface area contributed by atoms with Crippen LogP contribution in [0.1, 0.15) is 38.7 Å². The third kappa shape index (κ3) is 4.81. The van der Waals surface area contributed by atoms with Gasteiger partial charge in [-0.2, -0.15) is 0 Å². The number of hydrogen-bond acceptors (Lipinski definition) is 3. The number of carbonyl (C=O) groups is 1. The summed E-state index contributed by atoms with van der Waals surface area (Å²) in [5.74, 6) is 0.830. The zero-order valence-electron chi connectivity index (χ0n) is 15.0. The molecule has 1 aliphatic heterocycles. The number of morpholine rings is 1. The van der Waals surface area contributed by atoms with Gasteiger partial charge in [-0.25, -0.2) is 0 Å². The number of rotatable bonds is 7. The van der Waals surface area contributed by atoms with Crippen LogP contribution >= 0.6 is 0 Å². The first-order chi connectivity index (χ1) is 11.6. The number of carbonyl (C=O) groups excluding carboxylic acids is 1. The van der Waals surface area contributed by atoms with E-state index in [-0.39, 0.29) is 12.0 Å². The first-order valence-corrected chi connectivity index (χ1v) is 9.32. The Labute approximate surface area is 145 Å². The van der Waals surface area contributed by atoms with Crippen molar-refractivity contribution in [2.75, 3.05) is 26.2 Å². The van der Waals surface area contributed by atoms with Crippen LogP contribution < -0.4 is 0 Å². The lowest BCUT2D eigenvalue weighted by atomic mass is 10.1. The summed E-state index contributed by atoms with van der Waals surface area (Å²) in [4.78, 5) is 17.4. The topological polar surface area (TPSA) is 32.8 Å². The molecule has 1 aromatic carbocycles. The number of amides is 1. The molecular weight excluding hydrogens is 300 g/mol. The predicted molar refractivity (Wildman–Crippen MR) is 95.6 cm³/mol. The molecule has 4 heteroatoms. The standard InChI is InChI=1S/C20H30N2O2/c1-16(2)10-11-22(18-8-9-18)20(23)19-15-21(12-13-24-19)14-17-6-4-3-5-7-17/h3-7,16,18-19H,8-15H2,1-2H3. The second kappa shape index (κ2) is 8.13. The minimum Gasteiger partial charge on any atom is -0.366 e. The van der Waals surface area contributed by atoms with E-state index in [1.807, 2.05) is 6.07 Å². The second-order valence-electron chi connectivity index (χ2n) is 7.53. The zero-order chi connectivity index (χ0) is 16.9. The first kappa shape index (κ1) is 17.4. The molecule has 0 bridgehead atoms. The highest BCUT2D eigenvalue weighted by Crippen LogP contribution is 2.29. The lowest BCUT2D eigenvalue weighted by molar-refractivity contribution is -0.150. The largest absolute Gasteiger partial charge is 0.366 e. The van der Waals surface area contributed by atoms with Crippen molar-refractivity contribution in [1.29, 1.82) is 0 Å². The van der Waals surface area contributed by atoms with E-state index < -0.39 is 0 Å². The summed E-state index contributed by atoms with van der Waals surface area (Å²) in [7, 11) is 0. The summed E-state index contributed by atoms with van der Waals surface area (Å²) in [5.41, 5.74) is 1.30. The molecule has 0 radical (unpaired) electrons. The number of nitrogens with zero attached hydrogens (tertiary/aromatic N) is 2. The van der Waals surface area contributed by atoms with Gasteiger partial charge in [-0.1, -0.05) is 44.2 Å². The number of hydrogen-bond donors (Lipinski definition) is 0. The monoisotopic (exact) mass is 330 g/mol. The van der Waals surface area contributed by atoms with Crippen LogP contribution in [-0.2, 0) is 16.1 Å². The van der Waals surface area contributed by atoms with Crippen LogP contribution in [0.4, 0.5) is 0 Å². The molecule has 1 unspecified atom stereocenters. The maximum Gasteiger partial charge on any atom is 0.253 e. The summed E-state index contributed by atoms with van der Waals surface area (Å²) >= 11 is 0. The van der Waals surface area contributed by atoms with Crippen LogP contribution in [-0.4, -0.2) is 54.1 Å². The Kier molecular flexibility index (Phi) is 5.90. The molecular formula is C20H30N2O2. The van der Waals surface area contributed by atoms with Gasteiger partial charge in [0.25, 0.3) is 5.91 Å². The molecule has 0 spiro atoms. The molecule has 4 nitrogen and oxygen atoms in total. The van der Waals surface area contributed by atoms with Crippen molar-refractivity contribution in [3.63, 3.8) is 0 Å². The molecule has 24 heavy (non-hydrogen) atoms. The Morgan fingerprint density at radius 1 is 1.29 bits per heavy atom. The third-order valence-electron chi connectivity index (χ3n) is 4.89. The molecule has 1 atom stereocenters. The zero-order valence-corrected chi connectivity index (χ0v) is 15.0. The van der Waals surface area contributed by atoms with Crippen molar-refractivity contribution >= 4 is 5.91 Å². The van der Waals surface area contributed by atoms with Crippen molar-refractivity contribution in [2.45, 2.75) is 51.8 Å². The van der Waals surface area contributed by atoms with Gasteiger partial charge in [0.1, 0.15) is 6.10 Å². The van der Waals surface area contributed by atoms with Gasteiger partial charge < -0.3 is 9.64 Å². The first-order valence-electron chi connectivity index (χ1n) is 9.32. The molecule has 132 valence electrons. The summed E-state index contributed by atoms with van der Waals surface area (Å²) in [6.45, 7) is 8.45. The fraction of sp³-hybridized carbons (Fsp3) is 0.650. The van der Waals surface area contributed by atoms with E-state index in [1.54, 1.807) is 0 Å². The minimum atomic E-state index is -0.296. The van der Waals surface area contributed by atoms with Crippen molar-refractivity contribution in [1.82, 2.24) is 9.80 Å². The Morgan fingerprint density at radius 3 is 2.71 bits per heavy atom. The third-order valence-corrected chi connectivity index (χ3v) is 4.89. The van der Waals surface area contributed by atoms with Gasteiger partial charge in [-0.05, 0) is 30.7 Å². The van der Waals surface area contributed by atoms with Crippen LogP contribution in [0, 0.1) is 5.92 Å². The van der Waals surface area contributed by atoms with Crippen LogP contribution in [0.2, 0.25) is 0 Å². The molecule has 1 amide bonds. The maximum absolute atomic E-state index is 13.0. The van der Waals surface area contributed by atoms with E-state index in [2.05, 4.69) is 47.9 Å². The van der Waals surface area contributed by atoms with E-state index >= 15 is 0 Å². The molecule has 0 aromatic heterocycles. The van der Waals surface area contributed by atoms with Crippen molar-refractivity contribution in [3.05, 3.63) is 35.9 Å². The van der Waals surface area contributed by atoms with Crippen LogP contribution in [0.25, 0.3) is 0 Å². The highest BCUT2D eigenvalue weighted by Gasteiger charge is 2.37. The molecule has 1 heterocycles. The van der Waals surface area contributed by atoms with Crippen LogP contribution in [0.5, 0.6) is 0 Å². The normalized spacial score (nSPS) is 21.9. The van der Waals surface area contributed by atoms with Crippen LogP contribution in [0.15, 0.2) is 30.3 Å². The van der Waals surface area contributed by atoms with Gasteiger partial charge in [0.15, 0.2) is 0 Å². The smallest absolute Gasteiger partial charge is 0.253 e. The lowest BCUT2D eigenvalue weighted by Gasteiger charge is -2.35. The van der Waals surface area contributed by atoms with Gasteiger partial charge in [-0.15, -0.1) is 0 Å². The molecule has 3 rings (SSSR count). The van der Waals surface area contributed by atoms with Crippen molar-refractivity contribution in [2.24, 2.45) is 5.92 Å². The molecule has 2 aliphatic rings. The van der Waals surface area contributed by atoms with Crippen LogP contribution in [0.3, 0.4) is 0 Å². The summed E-state index contributed by atoms with van der Waals surface area (Å²) in [6, 6.07) is 10.9. The van der Waals surface area contributed by atoms with E-state index in [0.29, 0.717) is 25.1 Å². The molecule has 1 aliphatic carbocycles. The summed E-state index contributed by atoms with van der Waals surface area (Å²) in [6.07, 6.45) is 3.09. The van der Waals surface area contributed by atoms with E-state index in [9.17, 15) is 4.79 Å². The molecule has 0 N–H and O–H groups in total. The van der Waals surface area contributed by atoms with Gasteiger partial charge in [0.2, 0.25) is 0 Å². The number of ether oxygens (including phenoxy) is 1. The highest BCUT2D eigenvalue weighted by atomic mass is 16.5. The maximum atomic E-state index is 13.0. The van der Waals surface area contributed by atoms with Crippen molar-refractivity contribution < 1.29 is 9.53 Å². The fourth-order valence-electron chi connectivity index (χ4n) is 3.28. The molecule has 1 saturated heterocycles. The van der Waals surface area contributed by atoms with E-state index in [0.717, 1.165) is 38.9 Å². The predicted octanol–water partition coefficient (Wildman–Crippen LogP) is 2.92. The quantitative estimate of drug-likeness (QED) is 0.771. The number of benzene rings is 1. The minimum absolute atomic E-state index is 0.205. The second-order valence-corrected chi connectivity index (χ2v) is 7.53. The van der Waals surface area contributed by atoms with Gasteiger partial charge in [0.05, 0.1) is 6.61 Å². The molecule has 2 fully saturated rings. The van der Waals surface area contributed by atoms with Crippen molar-refractivity contribution in [3.8, 4) is 0 Å². The Hall–Kier alpha value is -1.39. The van der Waals surface area contributed by atoms with E-state index in [1.165, 1.54) is 5.56 Å². The van der Waals surface area contributed by atoms with Gasteiger partial charge in [-0.3, -0.25) is 9.69 Å². The molecule has 1 aromatic rings. The fourth-order valence-corrected chi connectivity index (χ4v) is 3.28.